The first kappa shape index (κ1) is 15.5. The molecule has 2 aromatic rings. The number of rotatable bonds is 6. The van der Waals surface area contributed by atoms with Crippen LogP contribution in [-0.2, 0) is 20.0 Å². The maximum Gasteiger partial charge on any atom is 0.162 e. The molecule has 0 bridgehead atoms. The van der Waals surface area contributed by atoms with Gasteiger partial charge in [0.15, 0.2) is 11.5 Å². The SMILES string of the molecule is CCc1nn(C)c(CNc2ccc(OC)c(OC)c2)c1Cl. The average Bonchev–Trinajstić information content (AvgIpc) is 2.78. The normalized spacial score (nSPS) is 10.5. The smallest absolute Gasteiger partial charge is 0.162 e. The summed E-state index contributed by atoms with van der Waals surface area (Å²) in [5.41, 5.74) is 2.81. The van der Waals surface area contributed by atoms with E-state index in [0.717, 1.165) is 28.5 Å². The van der Waals surface area contributed by atoms with Crippen LogP contribution in [0.5, 0.6) is 11.5 Å². The second-order valence-corrected chi connectivity index (χ2v) is 4.99. The van der Waals surface area contributed by atoms with Gasteiger partial charge >= 0.3 is 0 Å². The minimum atomic E-state index is 0.595. The van der Waals surface area contributed by atoms with Crippen molar-refractivity contribution in [1.82, 2.24) is 9.78 Å². The fourth-order valence-electron chi connectivity index (χ4n) is 2.14. The second kappa shape index (κ2) is 6.72. The third kappa shape index (κ3) is 3.24. The minimum absolute atomic E-state index is 0.595. The molecule has 0 unspecified atom stereocenters. The van der Waals surface area contributed by atoms with Gasteiger partial charge in [0.2, 0.25) is 0 Å². The van der Waals surface area contributed by atoms with Crippen molar-refractivity contribution < 1.29 is 9.47 Å². The Kier molecular flexibility index (Phi) is 4.96. The molecular weight excluding hydrogens is 290 g/mol. The highest BCUT2D eigenvalue weighted by Crippen LogP contribution is 2.30. The van der Waals surface area contributed by atoms with E-state index in [2.05, 4.69) is 10.4 Å². The van der Waals surface area contributed by atoms with Crippen molar-refractivity contribution in [2.24, 2.45) is 7.05 Å². The zero-order chi connectivity index (χ0) is 15.4. The number of halogens is 1. The fourth-order valence-corrected chi connectivity index (χ4v) is 2.50. The molecule has 114 valence electrons. The minimum Gasteiger partial charge on any atom is -0.493 e. The van der Waals surface area contributed by atoms with Crippen LogP contribution in [0.25, 0.3) is 0 Å². The van der Waals surface area contributed by atoms with E-state index in [1.54, 1.807) is 14.2 Å². The van der Waals surface area contributed by atoms with E-state index in [1.165, 1.54) is 0 Å². The lowest BCUT2D eigenvalue weighted by molar-refractivity contribution is 0.355. The molecule has 1 N–H and O–H groups in total. The standard InChI is InChI=1S/C15H20ClN3O2/c1-5-11-15(16)12(19(2)18-11)9-17-10-6-7-13(20-3)14(8-10)21-4/h6-8,17H,5,9H2,1-4H3. The first-order valence-electron chi connectivity index (χ1n) is 6.76. The lowest BCUT2D eigenvalue weighted by Crippen LogP contribution is -2.06. The zero-order valence-corrected chi connectivity index (χ0v) is 13.5. The molecule has 1 heterocycles. The number of hydrogen-bond donors (Lipinski definition) is 1. The van der Waals surface area contributed by atoms with Gasteiger partial charge in [-0.3, -0.25) is 4.68 Å². The molecule has 0 aliphatic heterocycles. The van der Waals surface area contributed by atoms with Gasteiger partial charge < -0.3 is 14.8 Å². The first-order valence-corrected chi connectivity index (χ1v) is 7.14. The Bertz CT molecular complexity index is 626. The summed E-state index contributed by atoms with van der Waals surface area (Å²) in [6.45, 7) is 2.64. The summed E-state index contributed by atoms with van der Waals surface area (Å²) in [7, 11) is 5.14. The Balaban J connectivity index is 2.15. The molecule has 0 radical (unpaired) electrons. The van der Waals surface area contributed by atoms with E-state index in [1.807, 2.05) is 36.9 Å². The van der Waals surface area contributed by atoms with E-state index in [0.29, 0.717) is 18.0 Å². The number of nitrogens with zero attached hydrogens (tertiary/aromatic N) is 2. The van der Waals surface area contributed by atoms with Gasteiger partial charge in [-0.25, -0.2) is 0 Å². The number of aromatic nitrogens is 2. The highest BCUT2D eigenvalue weighted by atomic mass is 35.5. The second-order valence-electron chi connectivity index (χ2n) is 4.61. The number of anilines is 1. The number of aryl methyl sites for hydroxylation is 2. The van der Waals surface area contributed by atoms with Crippen molar-refractivity contribution in [3.8, 4) is 11.5 Å². The van der Waals surface area contributed by atoms with E-state index in [-0.39, 0.29) is 0 Å². The predicted octanol–water partition coefficient (Wildman–Crippen LogP) is 3.27. The monoisotopic (exact) mass is 309 g/mol. The van der Waals surface area contributed by atoms with Crippen LogP contribution in [0.3, 0.4) is 0 Å². The lowest BCUT2D eigenvalue weighted by atomic mass is 10.2. The van der Waals surface area contributed by atoms with Gasteiger partial charge in [0.25, 0.3) is 0 Å². The van der Waals surface area contributed by atoms with Gasteiger partial charge in [-0.15, -0.1) is 0 Å². The van der Waals surface area contributed by atoms with Gasteiger partial charge in [0, 0.05) is 18.8 Å². The Morgan fingerprint density at radius 1 is 1.24 bits per heavy atom. The van der Waals surface area contributed by atoms with E-state index in [9.17, 15) is 0 Å². The summed E-state index contributed by atoms with van der Waals surface area (Å²) in [6, 6.07) is 5.69. The highest BCUT2D eigenvalue weighted by Gasteiger charge is 2.13. The van der Waals surface area contributed by atoms with Gasteiger partial charge in [0.05, 0.1) is 37.2 Å². The summed E-state index contributed by atoms with van der Waals surface area (Å²) in [5, 5.41) is 8.46. The Labute approximate surface area is 129 Å². The van der Waals surface area contributed by atoms with Crippen LogP contribution in [0.4, 0.5) is 5.69 Å². The van der Waals surface area contributed by atoms with E-state index < -0.39 is 0 Å². The maximum absolute atomic E-state index is 6.33. The van der Waals surface area contributed by atoms with Crippen molar-refractivity contribution in [1.29, 1.82) is 0 Å². The van der Waals surface area contributed by atoms with Crippen molar-refractivity contribution >= 4 is 17.3 Å². The van der Waals surface area contributed by atoms with Crippen LogP contribution in [0.2, 0.25) is 5.02 Å². The number of ether oxygens (including phenoxy) is 2. The molecule has 0 aliphatic carbocycles. The summed E-state index contributed by atoms with van der Waals surface area (Å²) in [5.74, 6) is 1.39. The third-order valence-electron chi connectivity index (χ3n) is 3.35. The van der Waals surface area contributed by atoms with E-state index in [4.69, 9.17) is 21.1 Å². The third-order valence-corrected chi connectivity index (χ3v) is 3.78. The molecule has 0 amide bonds. The molecule has 0 spiro atoms. The van der Waals surface area contributed by atoms with Gasteiger partial charge in [-0.2, -0.15) is 5.10 Å². The van der Waals surface area contributed by atoms with Crippen molar-refractivity contribution in [2.75, 3.05) is 19.5 Å². The molecule has 0 atom stereocenters. The molecule has 1 aromatic heterocycles. The van der Waals surface area contributed by atoms with Gasteiger partial charge in [-0.1, -0.05) is 18.5 Å². The molecule has 0 fully saturated rings. The van der Waals surface area contributed by atoms with Crippen LogP contribution in [0, 0.1) is 0 Å². The molecule has 6 heteroatoms. The summed E-state index contributed by atoms with van der Waals surface area (Å²) >= 11 is 6.33. The van der Waals surface area contributed by atoms with Crippen LogP contribution >= 0.6 is 11.6 Å². The van der Waals surface area contributed by atoms with Crippen molar-refractivity contribution in [3.05, 3.63) is 34.6 Å². The Morgan fingerprint density at radius 2 is 1.95 bits per heavy atom. The number of benzene rings is 1. The van der Waals surface area contributed by atoms with E-state index >= 15 is 0 Å². The number of nitrogens with one attached hydrogen (secondary N) is 1. The molecular formula is C15H20ClN3O2. The maximum atomic E-state index is 6.33. The predicted molar refractivity (Wildman–Crippen MR) is 84.5 cm³/mol. The molecule has 0 saturated heterocycles. The topological polar surface area (TPSA) is 48.3 Å². The molecule has 0 saturated carbocycles. The van der Waals surface area contributed by atoms with Crippen LogP contribution in [-0.4, -0.2) is 24.0 Å². The summed E-state index contributed by atoms with van der Waals surface area (Å²) in [6.07, 6.45) is 0.822. The zero-order valence-electron chi connectivity index (χ0n) is 12.7. The first-order chi connectivity index (χ1) is 10.1. The van der Waals surface area contributed by atoms with Gasteiger partial charge in [0.1, 0.15) is 0 Å². The molecule has 1 aromatic carbocycles. The fraction of sp³-hybridized carbons (Fsp3) is 0.400. The van der Waals surface area contributed by atoms with Crippen LogP contribution in [0.15, 0.2) is 18.2 Å². The Morgan fingerprint density at radius 3 is 2.52 bits per heavy atom. The molecule has 5 nitrogen and oxygen atoms in total. The number of methoxy groups -OCH3 is 2. The molecule has 21 heavy (non-hydrogen) atoms. The molecule has 2 rings (SSSR count). The largest absolute Gasteiger partial charge is 0.493 e. The summed E-state index contributed by atoms with van der Waals surface area (Å²) in [4.78, 5) is 0. The van der Waals surface area contributed by atoms with Crippen LogP contribution in [0.1, 0.15) is 18.3 Å². The number of hydrogen-bond acceptors (Lipinski definition) is 4. The van der Waals surface area contributed by atoms with Crippen LogP contribution < -0.4 is 14.8 Å². The molecule has 0 aliphatic rings. The van der Waals surface area contributed by atoms with Crippen molar-refractivity contribution in [2.45, 2.75) is 19.9 Å². The summed E-state index contributed by atoms with van der Waals surface area (Å²) < 4.78 is 12.3. The van der Waals surface area contributed by atoms with Gasteiger partial charge in [-0.05, 0) is 18.6 Å². The Hall–Kier alpha value is -1.88. The quantitative estimate of drug-likeness (QED) is 0.889. The lowest BCUT2D eigenvalue weighted by Gasteiger charge is -2.11. The average molecular weight is 310 g/mol. The van der Waals surface area contributed by atoms with Crippen molar-refractivity contribution in [3.63, 3.8) is 0 Å². The highest BCUT2D eigenvalue weighted by molar-refractivity contribution is 6.31.